The highest BCUT2D eigenvalue weighted by molar-refractivity contribution is 5.86. The van der Waals surface area contributed by atoms with Gasteiger partial charge in [0.25, 0.3) is 0 Å². The van der Waals surface area contributed by atoms with E-state index in [0.717, 1.165) is 29.5 Å². The number of hydrogen-bond acceptors (Lipinski definition) is 3. The number of rotatable bonds is 6. The highest BCUT2D eigenvalue weighted by Gasteiger charge is 2.44. The van der Waals surface area contributed by atoms with Gasteiger partial charge in [0.15, 0.2) is 0 Å². The van der Waals surface area contributed by atoms with E-state index in [-0.39, 0.29) is 24.3 Å². The Kier molecular flexibility index (Phi) is 7.33. The second-order valence-corrected chi connectivity index (χ2v) is 9.06. The number of benzene rings is 2. The van der Waals surface area contributed by atoms with Crippen molar-refractivity contribution >= 4 is 17.7 Å². The molecule has 0 saturated carbocycles. The fourth-order valence-electron chi connectivity index (χ4n) is 4.60. The number of piperidine rings is 1. The third kappa shape index (κ3) is 5.55. The number of carbonyl (C=O) groups excluding carboxylic acids is 3. The van der Waals surface area contributed by atoms with Crippen LogP contribution >= 0.6 is 0 Å². The van der Waals surface area contributed by atoms with Gasteiger partial charge in [-0.05, 0) is 42.9 Å². The molecule has 1 heterocycles. The maximum Gasteiger partial charge on any atom is 0.241 e. The molecule has 32 heavy (non-hydrogen) atoms. The normalized spacial score (nSPS) is 18.2. The summed E-state index contributed by atoms with van der Waals surface area (Å²) in [6, 6.07) is 16.7. The van der Waals surface area contributed by atoms with Crippen LogP contribution in [0.4, 0.5) is 0 Å². The van der Waals surface area contributed by atoms with Gasteiger partial charge in [-0.1, -0.05) is 54.1 Å². The summed E-state index contributed by atoms with van der Waals surface area (Å²) in [4.78, 5) is 40.7. The van der Waals surface area contributed by atoms with Crippen molar-refractivity contribution in [1.82, 2.24) is 15.1 Å². The number of nitrogens with zero attached hydrogens (tertiary/aromatic N) is 2. The predicted octanol–water partition coefficient (Wildman–Crippen LogP) is 3.04. The predicted molar refractivity (Wildman–Crippen MR) is 126 cm³/mol. The molecule has 0 spiro atoms. The molecule has 1 aliphatic rings. The average molecular weight is 436 g/mol. The van der Waals surface area contributed by atoms with Crippen molar-refractivity contribution in [1.29, 1.82) is 0 Å². The molecule has 0 aliphatic carbocycles. The van der Waals surface area contributed by atoms with Crippen LogP contribution in [0.15, 0.2) is 48.5 Å². The van der Waals surface area contributed by atoms with E-state index in [1.807, 2.05) is 12.1 Å². The number of carbonyl (C=O) groups is 3. The summed E-state index contributed by atoms with van der Waals surface area (Å²) in [7, 11) is 3.54. The lowest BCUT2D eigenvalue weighted by Gasteiger charge is -2.43. The lowest BCUT2D eigenvalue weighted by atomic mass is 9.73. The van der Waals surface area contributed by atoms with Gasteiger partial charge in [-0.3, -0.25) is 14.4 Å². The lowest BCUT2D eigenvalue weighted by Crippen LogP contribution is -2.55. The van der Waals surface area contributed by atoms with E-state index >= 15 is 0 Å². The molecule has 1 fully saturated rings. The number of likely N-dealkylation sites (tertiary alicyclic amines) is 1. The Morgan fingerprint density at radius 1 is 1.06 bits per heavy atom. The minimum Gasteiger partial charge on any atom is -0.348 e. The molecule has 0 unspecified atom stereocenters. The molecule has 1 saturated heterocycles. The van der Waals surface area contributed by atoms with E-state index in [9.17, 15) is 14.4 Å². The third-order valence-electron chi connectivity index (χ3n) is 6.10. The molecule has 2 aromatic rings. The molecule has 3 rings (SSSR count). The van der Waals surface area contributed by atoms with Gasteiger partial charge < -0.3 is 15.1 Å². The minimum atomic E-state index is -0.682. The van der Waals surface area contributed by atoms with Crippen LogP contribution in [0.1, 0.15) is 30.9 Å². The molecule has 0 aromatic heterocycles. The van der Waals surface area contributed by atoms with Crippen molar-refractivity contribution < 1.29 is 14.4 Å². The average Bonchev–Trinajstić information content (AvgIpc) is 2.77. The Morgan fingerprint density at radius 2 is 1.75 bits per heavy atom. The zero-order valence-corrected chi connectivity index (χ0v) is 19.5. The summed E-state index contributed by atoms with van der Waals surface area (Å²) < 4.78 is 0. The summed E-state index contributed by atoms with van der Waals surface area (Å²) in [5.41, 5.74) is 3.87. The standard InChI is InChI=1S/C26H33N3O3/c1-19-8-5-10-22(14-19)23-11-6-9-21(15-23)16-26(25(32)28(3)4)12-7-13-29(18-26)24(31)17-27-20(2)30/h5-6,8-11,14-15H,7,12-13,16-18H2,1-4H3,(H,27,30)/t26-/m0/s1. The van der Waals surface area contributed by atoms with Crippen LogP contribution in [0.5, 0.6) is 0 Å². The summed E-state index contributed by atoms with van der Waals surface area (Å²) in [6.07, 6.45) is 2.04. The van der Waals surface area contributed by atoms with Crippen LogP contribution in [0.25, 0.3) is 11.1 Å². The van der Waals surface area contributed by atoms with Crippen molar-refractivity contribution in [3.8, 4) is 11.1 Å². The Labute approximate surface area is 190 Å². The van der Waals surface area contributed by atoms with Crippen molar-refractivity contribution in [3.63, 3.8) is 0 Å². The smallest absolute Gasteiger partial charge is 0.241 e. The van der Waals surface area contributed by atoms with E-state index in [1.54, 1.807) is 23.9 Å². The van der Waals surface area contributed by atoms with Crippen LogP contribution in [-0.4, -0.2) is 61.3 Å². The maximum atomic E-state index is 13.4. The molecule has 1 atom stereocenters. The van der Waals surface area contributed by atoms with Gasteiger partial charge in [-0.2, -0.15) is 0 Å². The maximum absolute atomic E-state index is 13.4. The van der Waals surface area contributed by atoms with Gasteiger partial charge in [-0.15, -0.1) is 0 Å². The Morgan fingerprint density at radius 3 is 2.41 bits per heavy atom. The van der Waals surface area contributed by atoms with Gasteiger partial charge in [0.2, 0.25) is 17.7 Å². The van der Waals surface area contributed by atoms with Crippen LogP contribution in [-0.2, 0) is 20.8 Å². The second-order valence-electron chi connectivity index (χ2n) is 9.06. The van der Waals surface area contributed by atoms with Crippen LogP contribution in [0.2, 0.25) is 0 Å². The first-order valence-corrected chi connectivity index (χ1v) is 11.1. The summed E-state index contributed by atoms with van der Waals surface area (Å²) in [6.45, 7) is 4.39. The zero-order chi connectivity index (χ0) is 23.3. The second kappa shape index (κ2) is 9.98. The van der Waals surface area contributed by atoms with Gasteiger partial charge in [0, 0.05) is 34.1 Å². The van der Waals surface area contributed by atoms with Gasteiger partial charge in [-0.25, -0.2) is 0 Å². The summed E-state index contributed by atoms with van der Waals surface area (Å²) in [5.74, 6) is -0.348. The SMILES string of the molecule is CC(=O)NCC(=O)N1CCC[C@@](Cc2cccc(-c3cccc(C)c3)c2)(C(=O)N(C)C)C1. The van der Waals surface area contributed by atoms with Gasteiger partial charge in [0.1, 0.15) is 0 Å². The fourth-order valence-corrected chi connectivity index (χ4v) is 4.60. The van der Waals surface area contributed by atoms with E-state index in [1.165, 1.54) is 12.5 Å². The van der Waals surface area contributed by atoms with Crippen LogP contribution in [0.3, 0.4) is 0 Å². The minimum absolute atomic E-state index is 0.0373. The van der Waals surface area contributed by atoms with Crippen molar-refractivity contribution in [2.45, 2.75) is 33.1 Å². The first-order chi connectivity index (χ1) is 15.2. The van der Waals surface area contributed by atoms with Crippen molar-refractivity contribution in [2.24, 2.45) is 5.41 Å². The molecule has 1 N–H and O–H groups in total. The first kappa shape index (κ1) is 23.5. The zero-order valence-electron chi connectivity index (χ0n) is 19.5. The Bertz CT molecular complexity index is 1000. The van der Waals surface area contributed by atoms with Crippen LogP contribution < -0.4 is 5.32 Å². The fraction of sp³-hybridized carbons (Fsp3) is 0.423. The third-order valence-corrected chi connectivity index (χ3v) is 6.10. The van der Waals surface area contributed by atoms with E-state index in [2.05, 4.69) is 48.6 Å². The number of amides is 3. The number of nitrogens with one attached hydrogen (secondary N) is 1. The van der Waals surface area contributed by atoms with E-state index in [4.69, 9.17) is 0 Å². The molecule has 2 aromatic carbocycles. The molecule has 6 heteroatoms. The van der Waals surface area contributed by atoms with Crippen molar-refractivity contribution in [2.75, 3.05) is 33.7 Å². The van der Waals surface area contributed by atoms with Crippen LogP contribution in [0, 0.1) is 12.3 Å². The molecule has 1 aliphatic heterocycles. The van der Waals surface area contributed by atoms with Crippen molar-refractivity contribution in [3.05, 3.63) is 59.7 Å². The van der Waals surface area contributed by atoms with Gasteiger partial charge >= 0.3 is 0 Å². The molecule has 0 bridgehead atoms. The summed E-state index contributed by atoms with van der Waals surface area (Å²) >= 11 is 0. The van der Waals surface area contributed by atoms with Gasteiger partial charge in [0.05, 0.1) is 12.0 Å². The topological polar surface area (TPSA) is 69.7 Å². The Hall–Kier alpha value is -3.15. The summed E-state index contributed by atoms with van der Waals surface area (Å²) in [5, 5.41) is 2.58. The molecule has 6 nitrogen and oxygen atoms in total. The lowest BCUT2D eigenvalue weighted by molar-refractivity contribution is -0.147. The largest absolute Gasteiger partial charge is 0.348 e. The molecular weight excluding hydrogens is 402 g/mol. The monoisotopic (exact) mass is 435 g/mol. The molecule has 170 valence electrons. The van der Waals surface area contributed by atoms with E-state index < -0.39 is 5.41 Å². The number of aryl methyl sites for hydroxylation is 1. The quantitative estimate of drug-likeness (QED) is 0.758. The highest BCUT2D eigenvalue weighted by atomic mass is 16.2. The highest BCUT2D eigenvalue weighted by Crippen LogP contribution is 2.36. The number of hydrogen-bond donors (Lipinski definition) is 1. The molecular formula is C26H33N3O3. The molecule has 3 amide bonds. The van der Waals surface area contributed by atoms with E-state index in [0.29, 0.717) is 19.5 Å². The molecule has 0 radical (unpaired) electrons. The Balaban J connectivity index is 1.88. The first-order valence-electron chi connectivity index (χ1n) is 11.1.